The van der Waals surface area contributed by atoms with Gasteiger partial charge in [-0.05, 0) is 110 Å². The standard InChI is InChI=1S/C41H41N3O4.C38H34ClN3O2.C38H35N3O3/c1-29(31-16-8-4-9-17-31)24-36(46)25-35-26-38-39(37(42-35)28-48-27-30(2)45)40(47-3)43-44(38)41(32-18-10-5-11-19-32,33-20-12-6-13-21-33)34-22-14-7-15-23-34;1-27(28-15-7-3-8-16-28)23-33(43)24-32-25-35-36(34(26-39)40-32)37(44-2)41-42(35)38(29-17-9-4-10-18-29,30-19-11-5-12-20-30)31-21-13-6-14-22-31;1-27(28-15-7-3-8-16-28)23-33(43)24-32-25-35-36(34(26-42)39-32)37(44-2)40-41(35)38(29-17-9-4-10-18-29,30-19-11-5-12-20-30)31-21-13-6-14-22-31/h4-23,26,29-30,45H,24-25,27-28H2,1-3H3;3-22,25,27H,23-24,26H2,1-2H3;3-22,25,27,42H,23-24,26H2,1-2H3/t29-,30?;2*27-/m000/s1. The molecule has 6 aromatic heterocycles. The van der Waals surface area contributed by atoms with Crippen molar-refractivity contribution in [2.75, 3.05) is 27.9 Å². The van der Waals surface area contributed by atoms with Crippen LogP contribution in [-0.2, 0) is 74.1 Å². The fourth-order valence-electron chi connectivity index (χ4n) is 19.1. The number of benzene rings is 12. The van der Waals surface area contributed by atoms with Crippen LogP contribution in [0.3, 0.4) is 0 Å². The van der Waals surface area contributed by atoms with Crippen LogP contribution in [0.2, 0.25) is 0 Å². The van der Waals surface area contributed by atoms with Crippen LogP contribution in [0, 0.1) is 0 Å². The molecule has 2 N–H and O–H groups in total. The summed E-state index contributed by atoms with van der Waals surface area (Å²) in [5.74, 6) is 1.89. The monoisotopic (exact) mass is 1820 g/mol. The van der Waals surface area contributed by atoms with Crippen LogP contribution < -0.4 is 14.2 Å². The second-order valence-electron chi connectivity index (χ2n) is 34.4. The topological polar surface area (TPSA) is 221 Å². The van der Waals surface area contributed by atoms with Gasteiger partial charge in [-0.1, -0.05) is 385 Å². The SMILES string of the molecule is COc1nn(C(c2ccccc2)(c2ccccc2)c2ccccc2)c2cc(CC(=O)C[C@H](C)c3ccccc3)nc(CCl)c12.COc1nn(C(c2ccccc2)(c2ccccc2)c2ccccc2)c2cc(CC(=O)C[C@H](C)c3ccccc3)nc(CO)c12.COc1nn(C(c2ccccc2)(c2ccccc2)c2ccccc2)c2cc(CC(=O)C[C@H](C)c3ccccc3)nc(COCC(C)O)c12. The van der Waals surface area contributed by atoms with Crippen molar-refractivity contribution in [3.8, 4) is 17.6 Å². The van der Waals surface area contributed by atoms with E-state index in [4.69, 9.17) is 60.8 Å². The lowest BCUT2D eigenvalue weighted by molar-refractivity contribution is -0.119. The van der Waals surface area contributed by atoms with Gasteiger partial charge < -0.3 is 29.2 Å². The highest BCUT2D eigenvalue weighted by atomic mass is 35.5. The molecule has 0 aliphatic heterocycles. The van der Waals surface area contributed by atoms with Crippen LogP contribution in [0.4, 0.5) is 0 Å². The van der Waals surface area contributed by atoms with Gasteiger partial charge in [-0.2, -0.15) is 0 Å². The summed E-state index contributed by atoms with van der Waals surface area (Å²) in [4.78, 5) is 55.0. The summed E-state index contributed by atoms with van der Waals surface area (Å²) >= 11 is 6.54. The number of fused-ring (bicyclic) bond motifs is 3. The fraction of sp³-hybridized carbons (Fsp3) is 0.205. The predicted octanol–water partition coefficient (Wildman–Crippen LogP) is 22.9. The van der Waals surface area contributed by atoms with Crippen molar-refractivity contribution in [3.63, 3.8) is 0 Å². The number of carbonyl (C=O) groups excluding carboxylic acids is 3. The molecular formula is C117H110ClN9O9. The van der Waals surface area contributed by atoms with Gasteiger partial charge in [0.2, 0.25) is 17.6 Å². The van der Waals surface area contributed by atoms with Gasteiger partial charge in [-0.25, -0.2) is 14.0 Å². The van der Waals surface area contributed by atoms with E-state index in [2.05, 4.69) is 154 Å². The van der Waals surface area contributed by atoms with E-state index >= 15 is 0 Å². The minimum atomic E-state index is -0.916. The molecule has 0 saturated carbocycles. The predicted molar refractivity (Wildman–Crippen MR) is 537 cm³/mol. The average molecular weight is 1820 g/mol. The largest absolute Gasteiger partial charge is 0.479 e. The van der Waals surface area contributed by atoms with Gasteiger partial charge in [0, 0.05) is 38.5 Å². The molecule has 684 valence electrons. The number of ether oxygens (including phenoxy) is 4. The zero-order valence-electron chi connectivity index (χ0n) is 77.4. The van der Waals surface area contributed by atoms with Crippen LogP contribution in [0.15, 0.2) is 382 Å². The Morgan fingerprint density at radius 1 is 0.324 bits per heavy atom. The van der Waals surface area contributed by atoms with E-state index in [-0.39, 0.29) is 80.1 Å². The molecule has 0 saturated heterocycles. The van der Waals surface area contributed by atoms with E-state index in [1.54, 1.807) is 28.3 Å². The van der Waals surface area contributed by atoms with Gasteiger partial charge in [-0.15, -0.1) is 26.9 Å². The number of alkyl halides is 1. The molecule has 18 rings (SSSR count). The first-order valence-corrected chi connectivity index (χ1v) is 46.6. The van der Waals surface area contributed by atoms with E-state index in [1.807, 2.05) is 263 Å². The number of nitrogens with zero attached hydrogens (tertiary/aromatic N) is 9. The van der Waals surface area contributed by atoms with Crippen molar-refractivity contribution in [1.82, 2.24) is 44.3 Å². The third-order valence-electron chi connectivity index (χ3n) is 25.3. The van der Waals surface area contributed by atoms with Crippen LogP contribution in [-0.4, -0.2) is 106 Å². The van der Waals surface area contributed by atoms with Crippen molar-refractivity contribution in [1.29, 1.82) is 0 Å². The van der Waals surface area contributed by atoms with Crippen molar-refractivity contribution < 1.29 is 43.5 Å². The maximum Gasteiger partial charge on any atom is 0.242 e. The lowest BCUT2D eigenvalue weighted by atomic mass is 9.77. The van der Waals surface area contributed by atoms with Crippen LogP contribution >= 0.6 is 11.6 Å². The molecule has 1 unspecified atom stereocenters. The number of halogens is 1. The maximum atomic E-state index is 13.6. The summed E-state index contributed by atoms with van der Waals surface area (Å²) in [6.45, 7) is 7.83. The molecule has 4 atom stereocenters. The zero-order chi connectivity index (χ0) is 94.6. The summed E-state index contributed by atoms with van der Waals surface area (Å²) in [6, 6.07) is 129. The molecule has 0 amide bonds. The number of aliphatic hydroxyl groups excluding tert-OH is 2. The summed E-state index contributed by atoms with van der Waals surface area (Å²) < 4.78 is 29.6. The number of rotatable bonds is 36. The van der Waals surface area contributed by atoms with E-state index in [0.29, 0.717) is 81.8 Å². The maximum absolute atomic E-state index is 13.6. The number of methoxy groups -OCH3 is 3. The highest BCUT2D eigenvalue weighted by molar-refractivity contribution is 6.18. The molecule has 0 fully saturated rings. The summed E-state index contributed by atoms with van der Waals surface area (Å²) in [6.07, 6.45) is 1.05. The normalized spacial score (nSPS) is 12.5. The Balaban J connectivity index is 0.000000148. The van der Waals surface area contributed by atoms with E-state index in [1.165, 1.54) is 0 Å². The molecular weight excluding hydrogens is 1710 g/mol. The van der Waals surface area contributed by atoms with Gasteiger partial charge in [0.1, 0.15) is 34.0 Å². The van der Waals surface area contributed by atoms with Crippen LogP contribution in [0.5, 0.6) is 17.6 Å². The van der Waals surface area contributed by atoms with Gasteiger partial charge in [0.15, 0.2) is 0 Å². The number of carbonyl (C=O) groups is 3. The average Bonchev–Trinajstić information content (AvgIpc) is 1.63. The van der Waals surface area contributed by atoms with E-state index in [0.717, 1.165) is 88.7 Å². The van der Waals surface area contributed by atoms with Crippen molar-refractivity contribution in [2.45, 2.75) is 126 Å². The van der Waals surface area contributed by atoms with Gasteiger partial charge in [0.05, 0.1) is 120 Å². The minimum Gasteiger partial charge on any atom is -0.479 e. The molecule has 0 aliphatic rings. The number of hydrogen-bond donors (Lipinski definition) is 2. The molecule has 6 heterocycles. The third-order valence-corrected chi connectivity index (χ3v) is 25.5. The molecule has 19 heteroatoms. The first-order chi connectivity index (χ1) is 66.5. The smallest absolute Gasteiger partial charge is 0.242 e. The van der Waals surface area contributed by atoms with E-state index < -0.39 is 22.7 Å². The molecule has 0 radical (unpaired) electrons. The van der Waals surface area contributed by atoms with Crippen molar-refractivity contribution in [3.05, 3.63) is 483 Å². The van der Waals surface area contributed by atoms with Crippen LogP contribution in [0.1, 0.15) is 166 Å². The Morgan fingerprint density at radius 2 is 0.537 bits per heavy atom. The number of pyridine rings is 3. The summed E-state index contributed by atoms with van der Waals surface area (Å²) in [7, 11) is 4.79. The molecule has 18 nitrogen and oxygen atoms in total. The van der Waals surface area contributed by atoms with Gasteiger partial charge in [0.25, 0.3) is 0 Å². The lowest BCUT2D eigenvalue weighted by Crippen LogP contribution is -2.38. The molecule has 0 aliphatic carbocycles. The summed E-state index contributed by atoms with van der Waals surface area (Å²) in [5.41, 5.74) is 15.6. The molecule has 18 aromatic rings. The van der Waals surface area contributed by atoms with Crippen LogP contribution in [0.25, 0.3) is 32.7 Å². The molecule has 0 bridgehead atoms. The van der Waals surface area contributed by atoms with E-state index in [9.17, 15) is 24.6 Å². The summed E-state index contributed by atoms with van der Waals surface area (Å²) in [5, 5.41) is 38.0. The van der Waals surface area contributed by atoms with Crippen molar-refractivity contribution in [2.24, 2.45) is 0 Å². The first kappa shape index (κ1) is 94.3. The first-order valence-electron chi connectivity index (χ1n) is 46.0. The number of aliphatic hydroxyl groups is 2. The third kappa shape index (κ3) is 19.9. The Labute approximate surface area is 798 Å². The van der Waals surface area contributed by atoms with Gasteiger partial charge >= 0.3 is 0 Å². The Kier molecular flexibility index (Phi) is 30.4. The number of Topliss-reactive ketones (excluding diaryl/α,β-unsaturated/α-hetero) is 3. The number of ketones is 3. The highest BCUT2D eigenvalue weighted by Gasteiger charge is 2.46. The number of hydrogen-bond acceptors (Lipinski definition) is 15. The van der Waals surface area contributed by atoms with Crippen molar-refractivity contribution >= 4 is 61.7 Å². The Bertz CT molecular complexity index is 6420. The highest BCUT2D eigenvalue weighted by Crippen LogP contribution is 2.49. The van der Waals surface area contributed by atoms with Gasteiger partial charge in [-0.3, -0.25) is 29.3 Å². The number of aromatic nitrogens is 9. The second-order valence-corrected chi connectivity index (χ2v) is 34.7. The lowest BCUT2D eigenvalue weighted by Gasteiger charge is -2.37. The quantitative estimate of drug-likeness (QED) is 0.0275. The fourth-order valence-corrected chi connectivity index (χ4v) is 19.3. The Hall–Kier alpha value is -14.9. The molecule has 0 spiro atoms. The minimum absolute atomic E-state index is 0.0730. The zero-order valence-corrected chi connectivity index (χ0v) is 78.2. The Morgan fingerprint density at radius 3 is 0.757 bits per heavy atom. The molecule has 136 heavy (non-hydrogen) atoms. The molecule has 12 aromatic carbocycles. The second kappa shape index (κ2) is 43.8.